The lowest BCUT2D eigenvalue weighted by molar-refractivity contribution is -0.120. The lowest BCUT2D eigenvalue weighted by Gasteiger charge is -2.26. The van der Waals surface area contributed by atoms with Crippen molar-refractivity contribution in [1.29, 1.82) is 0 Å². The van der Waals surface area contributed by atoms with Crippen molar-refractivity contribution in [3.63, 3.8) is 0 Å². The van der Waals surface area contributed by atoms with Crippen molar-refractivity contribution >= 4 is 21.6 Å². The highest BCUT2D eigenvalue weighted by molar-refractivity contribution is 7.93. The number of sulfonamides is 1. The molecule has 1 amide bonds. The predicted molar refractivity (Wildman–Crippen MR) is 122 cm³/mol. The van der Waals surface area contributed by atoms with Gasteiger partial charge in [-0.25, -0.2) is 12.8 Å². The van der Waals surface area contributed by atoms with Gasteiger partial charge < -0.3 is 10.1 Å². The number of methoxy groups -OCH3 is 1. The molecule has 0 bridgehead atoms. The van der Waals surface area contributed by atoms with E-state index in [9.17, 15) is 17.6 Å². The Kier molecular flexibility index (Phi) is 7.15. The molecular weight excluding hydrogens is 431 g/mol. The Balaban J connectivity index is 1.93. The molecule has 32 heavy (non-hydrogen) atoms. The summed E-state index contributed by atoms with van der Waals surface area (Å²) < 4.78 is 46.7. The zero-order valence-electron chi connectivity index (χ0n) is 18.1. The van der Waals surface area contributed by atoms with Gasteiger partial charge in [0, 0.05) is 0 Å². The second-order valence-corrected chi connectivity index (χ2v) is 9.17. The number of rotatable bonds is 8. The summed E-state index contributed by atoms with van der Waals surface area (Å²) in [5, 5.41) is 2.78. The molecule has 1 N–H and O–H groups in total. The molecule has 0 saturated carbocycles. The van der Waals surface area contributed by atoms with Gasteiger partial charge in [-0.05, 0) is 61.4 Å². The number of ether oxygens (including phenoxy) is 1. The van der Waals surface area contributed by atoms with Crippen molar-refractivity contribution in [3.8, 4) is 5.75 Å². The molecule has 3 aromatic rings. The van der Waals surface area contributed by atoms with Crippen LogP contribution in [0.15, 0.2) is 77.7 Å². The zero-order valence-corrected chi connectivity index (χ0v) is 18.9. The molecule has 168 valence electrons. The van der Waals surface area contributed by atoms with Gasteiger partial charge in [0.25, 0.3) is 10.0 Å². The van der Waals surface area contributed by atoms with Gasteiger partial charge in [-0.15, -0.1) is 0 Å². The molecule has 0 fully saturated rings. The van der Waals surface area contributed by atoms with Crippen LogP contribution in [0.25, 0.3) is 0 Å². The number of nitrogens with one attached hydrogen (secondary N) is 1. The van der Waals surface area contributed by atoms with Crippen LogP contribution in [-0.2, 0) is 14.8 Å². The van der Waals surface area contributed by atoms with Gasteiger partial charge in [0.15, 0.2) is 0 Å². The summed E-state index contributed by atoms with van der Waals surface area (Å²) in [6, 6.07) is 18.6. The minimum absolute atomic E-state index is 0.0248. The number of aryl methyl sites for hydroxylation is 1. The Morgan fingerprint density at radius 3 is 2.34 bits per heavy atom. The first-order valence-corrected chi connectivity index (χ1v) is 11.4. The number of hydrogen-bond donors (Lipinski definition) is 1. The van der Waals surface area contributed by atoms with Crippen molar-refractivity contribution in [1.82, 2.24) is 5.32 Å². The summed E-state index contributed by atoms with van der Waals surface area (Å²) in [5.41, 5.74) is 1.79. The summed E-state index contributed by atoms with van der Waals surface area (Å²) in [7, 11) is -2.73. The molecule has 0 spiro atoms. The molecule has 3 aromatic carbocycles. The van der Waals surface area contributed by atoms with Crippen LogP contribution in [0.1, 0.15) is 24.1 Å². The average molecular weight is 457 g/mol. The van der Waals surface area contributed by atoms with Crippen molar-refractivity contribution in [2.75, 3.05) is 18.0 Å². The summed E-state index contributed by atoms with van der Waals surface area (Å²) in [4.78, 5) is 12.8. The smallest absolute Gasteiger partial charge is 0.268 e. The van der Waals surface area contributed by atoms with Gasteiger partial charge >= 0.3 is 0 Å². The highest BCUT2D eigenvalue weighted by atomic mass is 32.2. The van der Waals surface area contributed by atoms with Crippen molar-refractivity contribution in [2.45, 2.75) is 24.8 Å². The molecular formula is C24H25FN2O4S. The summed E-state index contributed by atoms with van der Waals surface area (Å²) in [6.45, 7) is 3.09. The zero-order chi connectivity index (χ0) is 23.3. The van der Waals surface area contributed by atoms with Crippen LogP contribution in [0, 0.1) is 12.7 Å². The Morgan fingerprint density at radius 1 is 1.06 bits per heavy atom. The van der Waals surface area contributed by atoms with E-state index in [1.54, 1.807) is 68.4 Å². The fraction of sp³-hybridized carbons (Fsp3) is 0.208. The van der Waals surface area contributed by atoms with Crippen LogP contribution >= 0.6 is 0 Å². The number of amides is 1. The molecule has 0 radical (unpaired) electrons. The van der Waals surface area contributed by atoms with Crippen LogP contribution in [0.2, 0.25) is 0 Å². The number of para-hydroxylation sites is 1. The molecule has 0 aliphatic carbocycles. The van der Waals surface area contributed by atoms with Gasteiger partial charge in [0.05, 0.1) is 18.8 Å². The number of halogens is 1. The van der Waals surface area contributed by atoms with Crippen molar-refractivity contribution < 1.29 is 22.3 Å². The number of carbonyl (C=O) groups excluding carboxylic acids is 1. The first-order valence-electron chi connectivity index (χ1n) is 9.99. The third kappa shape index (κ3) is 5.26. The van der Waals surface area contributed by atoms with E-state index in [1.807, 2.05) is 0 Å². The molecule has 0 aromatic heterocycles. The SMILES string of the molecule is COc1ccc(C)cc1S(=O)(=O)N(CC(=O)N[C@@H](C)c1ccc(F)cc1)c1ccccc1. The summed E-state index contributed by atoms with van der Waals surface area (Å²) >= 11 is 0. The van der Waals surface area contributed by atoms with E-state index in [0.29, 0.717) is 11.3 Å². The van der Waals surface area contributed by atoms with Crippen LogP contribution in [0.3, 0.4) is 0 Å². The van der Waals surface area contributed by atoms with Gasteiger partial charge in [-0.1, -0.05) is 36.4 Å². The van der Waals surface area contributed by atoms with Gasteiger partial charge in [-0.2, -0.15) is 0 Å². The largest absolute Gasteiger partial charge is 0.495 e. The summed E-state index contributed by atoms with van der Waals surface area (Å²) in [5.74, 6) is -0.682. The monoisotopic (exact) mass is 456 g/mol. The molecule has 0 heterocycles. The molecule has 1 atom stereocenters. The lowest BCUT2D eigenvalue weighted by atomic mass is 10.1. The second-order valence-electron chi connectivity index (χ2n) is 7.34. The van der Waals surface area contributed by atoms with Gasteiger partial charge in [0.2, 0.25) is 5.91 Å². The van der Waals surface area contributed by atoms with E-state index in [1.165, 1.54) is 25.3 Å². The average Bonchev–Trinajstić information content (AvgIpc) is 2.78. The minimum atomic E-state index is -4.12. The quantitative estimate of drug-likeness (QED) is 0.551. The predicted octanol–water partition coefficient (Wildman–Crippen LogP) is 4.22. The van der Waals surface area contributed by atoms with E-state index < -0.39 is 28.5 Å². The first kappa shape index (κ1) is 23.3. The molecule has 0 aliphatic heterocycles. The van der Waals surface area contributed by atoms with E-state index >= 15 is 0 Å². The van der Waals surface area contributed by atoms with Crippen LogP contribution in [0.5, 0.6) is 5.75 Å². The molecule has 8 heteroatoms. The minimum Gasteiger partial charge on any atom is -0.495 e. The Hall–Kier alpha value is -3.39. The maximum atomic E-state index is 13.6. The Labute approximate surface area is 187 Å². The third-order valence-corrected chi connectivity index (χ3v) is 6.76. The van der Waals surface area contributed by atoms with E-state index in [2.05, 4.69) is 5.32 Å². The standard InChI is InChI=1S/C24H25FN2O4S/c1-17-9-14-22(31-3)23(15-17)32(29,30)27(21-7-5-4-6-8-21)16-24(28)26-18(2)19-10-12-20(25)13-11-19/h4-15,18H,16H2,1-3H3,(H,26,28)/t18-/m0/s1. The number of carbonyl (C=O) groups is 1. The van der Waals surface area contributed by atoms with Crippen molar-refractivity contribution in [2.24, 2.45) is 0 Å². The van der Waals surface area contributed by atoms with E-state index in [0.717, 1.165) is 9.87 Å². The highest BCUT2D eigenvalue weighted by Crippen LogP contribution is 2.30. The van der Waals surface area contributed by atoms with Gasteiger partial charge in [0.1, 0.15) is 23.0 Å². The maximum absolute atomic E-state index is 13.6. The number of hydrogen-bond acceptors (Lipinski definition) is 4. The Bertz CT molecular complexity index is 1180. The third-order valence-electron chi connectivity index (χ3n) is 4.97. The van der Waals surface area contributed by atoms with E-state index in [4.69, 9.17) is 4.74 Å². The molecule has 3 rings (SSSR count). The van der Waals surface area contributed by atoms with Crippen LogP contribution in [-0.4, -0.2) is 28.0 Å². The van der Waals surface area contributed by atoms with E-state index in [-0.39, 0.29) is 16.5 Å². The van der Waals surface area contributed by atoms with Crippen LogP contribution < -0.4 is 14.4 Å². The lowest BCUT2D eigenvalue weighted by Crippen LogP contribution is -2.41. The molecule has 0 aliphatic rings. The summed E-state index contributed by atoms with van der Waals surface area (Å²) in [6.07, 6.45) is 0. The molecule has 0 saturated heterocycles. The topological polar surface area (TPSA) is 75.7 Å². The number of anilines is 1. The Morgan fingerprint density at radius 2 is 1.72 bits per heavy atom. The van der Waals surface area contributed by atoms with Crippen LogP contribution in [0.4, 0.5) is 10.1 Å². The number of nitrogens with zero attached hydrogens (tertiary/aromatic N) is 1. The maximum Gasteiger partial charge on any atom is 0.268 e. The molecule has 6 nitrogen and oxygen atoms in total. The fourth-order valence-corrected chi connectivity index (χ4v) is 4.93. The second kappa shape index (κ2) is 9.82. The highest BCUT2D eigenvalue weighted by Gasteiger charge is 2.30. The number of benzene rings is 3. The van der Waals surface area contributed by atoms with Gasteiger partial charge in [-0.3, -0.25) is 9.10 Å². The fourth-order valence-electron chi connectivity index (χ4n) is 3.27. The normalized spacial score (nSPS) is 12.1. The molecule has 0 unspecified atom stereocenters. The first-order chi connectivity index (χ1) is 15.2. The van der Waals surface area contributed by atoms with Crippen molar-refractivity contribution in [3.05, 3.63) is 89.7 Å².